The minimum absolute atomic E-state index is 0.103. The average molecular weight is 478 g/mol. The smallest absolute Gasteiger partial charge is 0.321 e. The number of para-hydroxylation sites is 2. The molecule has 2 aliphatic heterocycles. The van der Waals surface area contributed by atoms with E-state index in [1.54, 1.807) is 12.4 Å². The van der Waals surface area contributed by atoms with Crippen molar-refractivity contribution in [3.05, 3.63) is 54.7 Å². The van der Waals surface area contributed by atoms with Gasteiger partial charge in [-0.15, -0.1) is 0 Å². The van der Waals surface area contributed by atoms with Gasteiger partial charge in [0, 0.05) is 44.1 Å². The number of likely N-dealkylation sites (tertiary alicyclic amines) is 1. The lowest BCUT2D eigenvalue weighted by Crippen LogP contribution is -2.51. The number of anilines is 1. The molecule has 184 valence electrons. The van der Waals surface area contributed by atoms with Crippen LogP contribution in [0.1, 0.15) is 38.5 Å². The van der Waals surface area contributed by atoms with Crippen molar-refractivity contribution < 1.29 is 18.8 Å². The van der Waals surface area contributed by atoms with E-state index in [4.69, 9.17) is 14.0 Å². The van der Waals surface area contributed by atoms with E-state index in [9.17, 15) is 4.79 Å². The van der Waals surface area contributed by atoms with E-state index in [0.29, 0.717) is 55.4 Å². The third kappa shape index (κ3) is 5.45. The number of carbonyl (C=O) groups excluding carboxylic acids is 1. The molecule has 1 unspecified atom stereocenters. The minimum Gasteiger partial charge on any atom is -0.492 e. The van der Waals surface area contributed by atoms with Gasteiger partial charge in [0.2, 0.25) is 11.7 Å². The molecule has 2 fully saturated rings. The van der Waals surface area contributed by atoms with Gasteiger partial charge in [-0.25, -0.2) is 4.79 Å². The molecule has 4 heterocycles. The van der Waals surface area contributed by atoms with Crippen LogP contribution in [0.15, 0.2) is 53.3 Å². The molecule has 3 aromatic rings. The predicted molar refractivity (Wildman–Crippen MR) is 130 cm³/mol. The fourth-order valence-corrected chi connectivity index (χ4v) is 5.02. The van der Waals surface area contributed by atoms with Gasteiger partial charge >= 0.3 is 6.03 Å². The van der Waals surface area contributed by atoms with Crippen LogP contribution in [0.4, 0.5) is 10.5 Å². The lowest BCUT2D eigenvalue weighted by atomic mass is 9.78. The number of hydrogen-bond acceptors (Lipinski definition) is 7. The first-order valence-electron chi connectivity index (χ1n) is 12.3. The minimum atomic E-state index is -0.198. The van der Waals surface area contributed by atoms with Gasteiger partial charge < -0.3 is 24.2 Å². The Morgan fingerprint density at radius 3 is 2.80 bits per heavy atom. The fourth-order valence-electron chi connectivity index (χ4n) is 5.02. The van der Waals surface area contributed by atoms with Crippen molar-refractivity contribution in [2.75, 3.05) is 31.6 Å². The number of rotatable bonds is 6. The van der Waals surface area contributed by atoms with Crippen LogP contribution in [0, 0.1) is 5.92 Å². The summed E-state index contributed by atoms with van der Waals surface area (Å²) in [6.07, 6.45) is 7.71. The molecule has 0 saturated carbocycles. The summed E-state index contributed by atoms with van der Waals surface area (Å²) in [5.74, 6) is 2.34. The summed E-state index contributed by atoms with van der Waals surface area (Å²) >= 11 is 0. The Morgan fingerprint density at radius 1 is 1.20 bits per heavy atom. The second kappa shape index (κ2) is 10.4. The van der Waals surface area contributed by atoms with Crippen molar-refractivity contribution >= 4 is 11.7 Å². The maximum atomic E-state index is 12.9. The third-order valence-corrected chi connectivity index (χ3v) is 6.86. The zero-order valence-corrected chi connectivity index (χ0v) is 20.0. The van der Waals surface area contributed by atoms with Crippen LogP contribution in [0.2, 0.25) is 0 Å². The van der Waals surface area contributed by atoms with Gasteiger partial charge in [0.25, 0.3) is 0 Å². The predicted octanol–water partition coefficient (Wildman–Crippen LogP) is 4.57. The molecule has 2 amide bonds. The molecule has 1 aromatic carbocycles. The Bertz CT molecular complexity index is 1130. The molecule has 0 bridgehead atoms. The summed E-state index contributed by atoms with van der Waals surface area (Å²) in [4.78, 5) is 23.4. The highest BCUT2D eigenvalue weighted by Gasteiger charge is 2.41. The van der Waals surface area contributed by atoms with Crippen molar-refractivity contribution in [1.29, 1.82) is 0 Å². The van der Waals surface area contributed by atoms with E-state index in [1.807, 2.05) is 48.2 Å². The quantitative estimate of drug-likeness (QED) is 0.555. The number of ether oxygens (including phenoxy) is 2. The Balaban J connectivity index is 1.16. The molecule has 1 N–H and O–H groups in total. The lowest BCUT2D eigenvalue weighted by molar-refractivity contribution is -0.123. The van der Waals surface area contributed by atoms with E-state index < -0.39 is 0 Å². The second-order valence-electron chi connectivity index (χ2n) is 9.19. The Hall–Kier alpha value is -3.46. The molecular weight excluding hydrogens is 446 g/mol. The molecule has 9 nitrogen and oxygen atoms in total. The highest BCUT2D eigenvalue weighted by atomic mass is 16.5. The monoisotopic (exact) mass is 477 g/mol. The number of nitrogens with one attached hydrogen (secondary N) is 1. The van der Waals surface area contributed by atoms with Crippen LogP contribution in [0.5, 0.6) is 5.75 Å². The maximum absolute atomic E-state index is 12.9. The van der Waals surface area contributed by atoms with Crippen LogP contribution in [0.25, 0.3) is 11.4 Å². The molecule has 2 saturated heterocycles. The number of benzene rings is 1. The topological polar surface area (TPSA) is 103 Å². The SMILES string of the molecule is CCOc1ccccc1NC(=O)N1CCC2(CC1)CC(Cc1nc(-c3ccncc3)no1)CCO2. The summed E-state index contributed by atoms with van der Waals surface area (Å²) in [7, 11) is 0. The number of carbonyl (C=O) groups is 1. The van der Waals surface area contributed by atoms with Gasteiger partial charge in [0.1, 0.15) is 5.75 Å². The third-order valence-electron chi connectivity index (χ3n) is 6.86. The molecule has 5 rings (SSSR count). The normalized spacial score (nSPS) is 19.5. The molecule has 1 spiro atoms. The van der Waals surface area contributed by atoms with E-state index >= 15 is 0 Å². The fraction of sp³-hybridized carbons (Fsp3) is 0.462. The van der Waals surface area contributed by atoms with Gasteiger partial charge in [0.05, 0.1) is 17.9 Å². The summed E-state index contributed by atoms with van der Waals surface area (Å²) in [5.41, 5.74) is 1.39. The van der Waals surface area contributed by atoms with Gasteiger partial charge in [-0.2, -0.15) is 4.98 Å². The van der Waals surface area contributed by atoms with Crippen molar-refractivity contribution in [2.45, 2.75) is 44.6 Å². The molecular formula is C26H31N5O4. The first-order chi connectivity index (χ1) is 17.1. The largest absolute Gasteiger partial charge is 0.492 e. The maximum Gasteiger partial charge on any atom is 0.321 e. The van der Waals surface area contributed by atoms with Gasteiger partial charge in [-0.3, -0.25) is 4.98 Å². The van der Waals surface area contributed by atoms with Crippen molar-refractivity contribution in [3.63, 3.8) is 0 Å². The van der Waals surface area contributed by atoms with E-state index in [1.165, 1.54) is 0 Å². The molecule has 0 aliphatic carbocycles. The average Bonchev–Trinajstić information content (AvgIpc) is 3.35. The zero-order chi connectivity index (χ0) is 24.1. The summed E-state index contributed by atoms with van der Waals surface area (Å²) in [5, 5.41) is 7.14. The standard InChI is InChI=1S/C26H31N5O4/c1-2-33-22-6-4-3-5-21(22)28-25(32)31-14-10-26(11-15-31)18-19(9-16-34-26)17-23-29-24(30-35-23)20-7-12-27-13-8-20/h3-8,12-13,19H,2,9-11,14-18H2,1H3,(H,28,32). The second-order valence-corrected chi connectivity index (χ2v) is 9.19. The van der Waals surface area contributed by atoms with E-state index in [-0.39, 0.29) is 11.6 Å². The number of nitrogens with zero attached hydrogens (tertiary/aromatic N) is 4. The van der Waals surface area contributed by atoms with Gasteiger partial charge in [-0.05, 0) is 62.8 Å². The van der Waals surface area contributed by atoms with Gasteiger partial charge in [-0.1, -0.05) is 17.3 Å². The molecule has 35 heavy (non-hydrogen) atoms. The number of urea groups is 1. The van der Waals surface area contributed by atoms with Crippen LogP contribution in [-0.2, 0) is 11.2 Å². The summed E-state index contributed by atoms with van der Waals surface area (Å²) < 4.78 is 17.5. The highest BCUT2D eigenvalue weighted by Crippen LogP contribution is 2.39. The van der Waals surface area contributed by atoms with Crippen LogP contribution >= 0.6 is 0 Å². The van der Waals surface area contributed by atoms with Crippen LogP contribution in [-0.4, -0.2) is 58.0 Å². The van der Waals surface area contributed by atoms with Crippen molar-refractivity contribution in [1.82, 2.24) is 20.0 Å². The summed E-state index contributed by atoms with van der Waals surface area (Å²) in [6.45, 7) is 4.50. The number of aromatic nitrogens is 3. The number of amides is 2. The Morgan fingerprint density at radius 2 is 2.00 bits per heavy atom. The highest BCUT2D eigenvalue weighted by molar-refractivity contribution is 5.91. The number of piperidine rings is 1. The molecule has 0 radical (unpaired) electrons. The lowest BCUT2D eigenvalue weighted by Gasteiger charge is -2.46. The molecule has 2 aliphatic rings. The first-order valence-corrected chi connectivity index (χ1v) is 12.3. The molecule has 1 atom stereocenters. The Labute approximate surface area is 204 Å². The number of pyridine rings is 1. The van der Waals surface area contributed by atoms with Crippen molar-refractivity contribution in [2.24, 2.45) is 5.92 Å². The molecule has 2 aromatic heterocycles. The zero-order valence-electron chi connectivity index (χ0n) is 20.0. The van der Waals surface area contributed by atoms with E-state index in [2.05, 4.69) is 20.4 Å². The van der Waals surface area contributed by atoms with Crippen LogP contribution in [0.3, 0.4) is 0 Å². The number of hydrogen-bond donors (Lipinski definition) is 1. The van der Waals surface area contributed by atoms with Crippen molar-refractivity contribution in [3.8, 4) is 17.1 Å². The van der Waals surface area contributed by atoms with Gasteiger partial charge in [0.15, 0.2) is 0 Å². The van der Waals surface area contributed by atoms with E-state index in [0.717, 1.165) is 37.7 Å². The Kier molecular flexibility index (Phi) is 6.94. The summed E-state index contributed by atoms with van der Waals surface area (Å²) in [6, 6.07) is 11.2. The van der Waals surface area contributed by atoms with Crippen LogP contribution < -0.4 is 10.1 Å². The molecule has 9 heteroatoms. The first kappa shape index (κ1) is 23.3.